The highest BCUT2D eigenvalue weighted by molar-refractivity contribution is 7.99. The van der Waals surface area contributed by atoms with Crippen LogP contribution in [0.15, 0.2) is 5.38 Å². The maximum atomic E-state index is 11.8. The third-order valence-corrected chi connectivity index (χ3v) is 4.47. The maximum absolute atomic E-state index is 11.8. The maximum Gasteiger partial charge on any atom is 0.355 e. The Kier molecular flexibility index (Phi) is 4.01. The highest BCUT2D eigenvalue weighted by atomic mass is 32.2. The molecule has 0 aliphatic carbocycles. The second-order valence-corrected chi connectivity index (χ2v) is 5.74. The molecule has 1 saturated heterocycles. The zero-order valence-electron chi connectivity index (χ0n) is 9.01. The largest absolute Gasteiger partial charge is 0.476 e. The number of carboxylic acid groups (broad SMARTS) is 1. The number of carbonyl (C=O) groups is 2. The van der Waals surface area contributed by atoms with E-state index in [0.29, 0.717) is 0 Å². The molecule has 1 aliphatic rings. The number of thioether (sulfide) groups is 1. The van der Waals surface area contributed by atoms with Gasteiger partial charge in [0, 0.05) is 17.2 Å². The van der Waals surface area contributed by atoms with Crippen molar-refractivity contribution in [2.45, 2.75) is 18.9 Å². The van der Waals surface area contributed by atoms with Crippen LogP contribution < -0.4 is 5.32 Å². The number of carboxylic acids is 1. The van der Waals surface area contributed by atoms with Gasteiger partial charge < -0.3 is 10.4 Å². The Labute approximate surface area is 107 Å². The number of hydrogen-bond donors (Lipinski definition) is 2. The van der Waals surface area contributed by atoms with Crippen molar-refractivity contribution in [3.05, 3.63) is 16.1 Å². The summed E-state index contributed by atoms with van der Waals surface area (Å²) in [5.74, 6) is 0.693. The van der Waals surface area contributed by atoms with Crippen molar-refractivity contribution in [1.29, 1.82) is 0 Å². The summed E-state index contributed by atoms with van der Waals surface area (Å²) in [6.07, 6.45) is 2.09. The molecule has 1 fully saturated rings. The van der Waals surface area contributed by atoms with Crippen LogP contribution in [0.5, 0.6) is 0 Å². The molecule has 2 rings (SSSR count). The quantitative estimate of drug-likeness (QED) is 0.871. The molecular weight excluding hydrogens is 260 g/mol. The molecule has 92 valence electrons. The molecule has 0 saturated carbocycles. The van der Waals surface area contributed by atoms with E-state index in [0.717, 1.165) is 35.7 Å². The van der Waals surface area contributed by atoms with E-state index >= 15 is 0 Å². The summed E-state index contributed by atoms with van der Waals surface area (Å²) in [6, 6.07) is 0.179. The van der Waals surface area contributed by atoms with Gasteiger partial charge in [-0.25, -0.2) is 9.78 Å². The molecule has 1 unspecified atom stereocenters. The predicted octanol–water partition coefficient (Wildman–Crippen LogP) is 1.47. The first kappa shape index (κ1) is 12.4. The van der Waals surface area contributed by atoms with Crippen LogP contribution in [0, 0.1) is 0 Å². The number of nitrogens with one attached hydrogen (secondary N) is 1. The van der Waals surface area contributed by atoms with Crippen LogP contribution in [-0.4, -0.2) is 39.5 Å². The molecule has 0 radical (unpaired) electrons. The molecule has 0 spiro atoms. The van der Waals surface area contributed by atoms with Gasteiger partial charge in [0.15, 0.2) is 10.7 Å². The summed E-state index contributed by atoms with van der Waals surface area (Å²) >= 11 is 2.89. The second-order valence-electron chi connectivity index (χ2n) is 3.73. The molecule has 1 aromatic heterocycles. The van der Waals surface area contributed by atoms with E-state index < -0.39 is 5.97 Å². The minimum absolute atomic E-state index is 0.0711. The van der Waals surface area contributed by atoms with E-state index in [1.54, 1.807) is 0 Å². The van der Waals surface area contributed by atoms with Gasteiger partial charge in [-0.1, -0.05) is 0 Å². The smallest absolute Gasteiger partial charge is 0.355 e. The highest BCUT2D eigenvalue weighted by Gasteiger charge is 2.20. The van der Waals surface area contributed by atoms with E-state index in [1.165, 1.54) is 5.38 Å². The first-order valence-electron chi connectivity index (χ1n) is 5.24. The fourth-order valence-electron chi connectivity index (χ4n) is 1.58. The number of thiazole rings is 1. The Morgan fingerprint density at radius 3 is 2.94 bits per heavy atom. The number of aromatic carboxylic acids is 1. The summed E-state index contributed by atoms with van der Waals surface area (Å²) in [7, 11) is 0. The summed E-state index contributed by atoms with van der Waals surface area (Å²) in [4.78, 5) is 26.2. The number of rotatable bonds is 3. The Morgan fingerprint density at radius 2 is 2.35 bits per heavy atom. The van der Waals surface area contributed by atoms with Crippen molar-refractivity contribution in [3.63, 3.8) is 0 Å². The second kappa shape index (κ2) is 5.50. The minimum Gasteiger partial charge on any atom is -0.476 e. The lowest BCUT2D eigenvalue weighted by Gasteiger charge is -2.21. The van der Waals surface area contributed by atoms with Crippen LogP contribution >= 0.6 is 23.1 Å². The van der Waals surface area contributed by atoms with Crippen molar-refractivity contribution >= 4 is 35.0 Å². The number of aromatic nitrogens is 1. The lowest BCUT2D eigenvalue weighted by Crippen LogP contribution is -2.38. The average molecular weight is 272 g/mol. The van der Waals surface area contributed by atoms with Gasteiger partial charge in [0.25, 0.3) is 5.91 Å². The van der Waals surface area contributed by atoms with Crippen LogP contribution in [0.3, 0.4) is 0 Å². The number of amides is 1. The SMILES string of the molecule is O=C(O)c1csc(C(=O)NC2CCCSC2)n1. The van der Waals surface area contributed by atoms with Gasteiger partial charge in [0.05, 0.1) is 0 Å². The number of hydrogen-bond acceptors (Lipinski definition) is 5. The molecule has 7 heteroatoms. The Bertz CT molecular complexity index is 427. The van der Waals surface area contributed by atoms with Crippen LogP contribution in [0.2, 0.25) is 0 Å². The van der Waals surface area contributed by atoms with Crippen molar-refractivity contribution < 1.29 is 14.7 Å². The molecule has 5 nitrogen and oxygen atoms in total. The van der Waals surface area contributed by atoms with Crippen LogP contribution in [0.1, 0.15) is 33.1 Å². The van der Waals surface area contributed by atoms with Gasteiger partial charge in [-0.3, -0.25) is 4.79 Å². The highest BCUT2D eigenvalue weighted by Crippen LogP contribution is 2.18. The van der Waals surface area contributed by atoms with E-state index in [4.69, 9.17) is 5.11 Å². The van der Waals surface area contributed by atoms with Crippen LogP contribution in [-0.2, 0) is 0 Å². The fraction of sp³-hybridized carbons (Fsp3) is 0.500. The molecule has 1 aromatic rings. The van der Waals surface area contributed by atoms with E-state index in [2.05, 4.69) is 10.3 Å². The van der Waals surface area contributed by atoms with Crippen molar-refractivity contribution in [3.8, 4) is 0 Å². The first-order chi connectivity index (χ1) is 8.16. The molecular formula is C10H12N2O3S2. The van der Waals surface area contributed by atoms with E-state index in [9.17, 15) is 9.59 Å². The lowest BCUT2D eigenvalue weighted by atomic mass is 10.2. The monoisotopic (exact) mass is 272 g/mol. The summed E-state index contributed by atoms with van der Waals surface area (Å²) in [5.41, 5.74) is -0.0711. The summed E-state index contributed by atoms with van der Waals surface area (Å²) in [6.45, 7) is 0. The Balaban J connectivity index is 1.96. The standard InChI is InChI=1S/C10H12N2O3S2/c13-8(11-6-2-1-3-16-4-6)9-12-7(5-17-9)10(14)15/h5-6H,1-4H2,(H,11,13)(H,14,15). The predicted molar refractivity (Wildman–Crippen MR) is 66.9 cm³/mol. The van der Waals surface area contributed by atoms with Crippen molar-refractivity contribution in [2.24, 2.45) is 0 Å². The first-order valence-corrected chi connectivity index (χ1v) is 7.27. The molecule has 2 N–H and O–H groups in total. The van der Waals surface area contributed by atoms with Gasteiger partial charge in [-0.2, -0.15) is 11.8 Å². The molecule has 1 aliphatic heterocycles. The summed E-state index contributed by atoms with van der Waals surface area (Å²) in [5, 5.41) is 13.2. The van der Waals surface area contributed by atoms with Crippen molar-refractivity contribution in [1.82, 2.24) is 10.3 Å². The van der Waals surface area contributed by atoms with Crippen LogP contribution in [0.25, 0.3) is 0 Å². The average Bonchev–Trinajstić information content (AvgIpc) is 2.79. The lowest BCUT2D eigenvalue weighted by molar-refractivity contribution is 0.0691. The molecule has 1 atom stereocenters. The van der Waals surface area contributed by atoms with Crippen molar-refractivity contribution in [2.75, 3.05) is 11.5 Å². The molecule has 2 heterocycles. The zero-order valence-corrected chi connectivity index (χ0v) is 10.6. The third kappa shape index (κ3) is 3.19. The molecule has 17 heavy (non-hydrogen) atoms. The Hall–Kier alpha value is -1.08. The molecule has 0 aromatic carbocycles. The van der Waals surface area contributed by atoms with Gasteiger partial charge in [-0.15, -0.1) is 11.3 Å². The molecule has 0 bridgehead atoms. The topological polar surface area (TPSA) is 79.3 Å². The number of nitrogens with zero attached hydrogens (tertiary/aromatic N) is 1. The van der Waals surface area contributed by atoms with Gasteiger partial charge >= 0.3 is 5.97 Å². The van der Waals surface area contributed by atoms with Crippen LogP contribution in [0.4, 0.5) is 0 Å². The zero-order chi connectivity index (χ0) is 12.3. The minimum atomic E-state index is -1.10. The normalized spacial score (nSPS) is 19.9. The molecule has 1 amide bonds. The number of carbonyl (C=O) groups excluding carboxylic acids is 1. The Morgan fingerprint density at radius 1 is 1.53 bits per heavy atom. The third-order valence-electron chi connectivity index (χ3n) is 2.41. The fourth-order valence-corrected chi connectivity index (χ4v) is 3.34. The van der Waals surface area contributed by atoms with Gasteiger partial charge in [0.1, 0.15) is 0 Å². The van der Waals surface area contributed by atoms with Gasteiger partial charge in [-0.05, 0) is 18.6 Å². The van der Waals surface area contributed by atoms with E-state index in [-0.39, 0.29) is 22.7 Å². The van der Waals surface area contributed by atoms with Gasteiger partial charge in [0.2, 0.25) is 0 Å². The van der Waals surface area contributed by atoms with E-state index in [1.807, 2.05) is 11.8 Å². The summed E-state index contributed by atoms with van der Waals surface area (Å²) < 4.78 is 0.